The fraction of sp³-hybridized carbons (Fsp3) is 0.250. The van der Waals surface area contributed by atoms with Crippen molar-refractivity contribution in [1.29, 1.82) is 0 Å². The third-order valence-electron chi connectivity index (χ3n) is 2.78. The zero-order chi connectivity index (χ0) is 13.3. The second-order valence-electron chi connectivity index (χ2n) is 4.17. The fourth-order valence-corrected chi connectivity index (χ4v) is 2.66. The summed E-state index contributed by atoms with van der Waals surface area (Å²) in [5, 5.41) is 3.62. The number of nitrogens with zero attached hydrogens (tertiary/aromatic N) is 1. The number of rotatable bonds is 3. The standard InChI is InChI=1S/C12H14N2O3S/c1-8-4-5-11(6-9(8)2)18(15,16)14-12-7-17-13-10(12)3/h4-7,14H,1-3H3. The minimum Gasteiger partial charge on any atom is -0.362 e. The molecular formula is C12H14N2O3S. The fourth-order valence-electron chi connectivity index (χ4n) is 1.48. The van der Waals surface area contributed by atoms with E-state index in [1.54, 1.807) is 25.1 Å². The number of hydrogen-bond acceptors (Lipinski definition) is 4. The molecule has 0 bridgehead atoms. The summed E-state index contributed by atoms with van der Waals surface area (Å²) in [6.45, 7) is 5.48. The van der Waals surface area contributed by atoms with Crippen molar-refractivity contribution in [1.82, 2.24) is 5.16 Å². The average molecular weight is 266 g/mol. The first-order chi connectivity index (χ1) is 8.40. The van der Waals surface area contributed by atoms with Gasteiger partial charge in [0.15, 0.2) is 0 Å². The summed E-state index contributed by atoms with van der Waals surface area (Å²) in [7, 11) is -3.59. The van der Waals surface area contributed by atoms with E-state index in [0.717, 1.165) is 11.1 Å². The first-order valence-corrected chi connectivity index (χ1v) is 6.89. The number of nitrogens with one attached hydrogen (secondary N) is 1. The van der Waals surface area contributed by atoms with Crippen molar-refractivity contribution in [3.63, 3.8) is 0 Å². The third-order valence-corrected chi connectivity index (χ3v) is 4.15. The largest absolute Gasteiger partial charge is 0.362 e. The van der Waals surface area contributed by atoms with Gasteiger partial charge in [0, 0.05) is 0 Å². The second-order valence-corrected chi connectivity index (χ2v) is 5.85. The Kier molecular flexibility index (Phi) is 3.13. The molecule has 0 fully saturated rings. The molecule has 0 unspecified atom stereocenters. The maximum Gasteiger partial charge on any atom is 0.262 e. The SMILES string of the molecule is Cc1ccc(S(=O)(=O)Nc2conc2C)cc1C. The Morgan fingerprint density at radius 3 is 2.44 bits per heavy atom. The Morgan fingerprint density at radius 2 is 1.89 bits per heavy atom. The Balaban J connectivity index is 2.37. The van der Waals surface area contributed by atoms with Crippen LogP contribution >= 0.6 is 0 Å². The summed E-state index contributed by atoms with van der Waals surface area (Å²) in [5.74, 6) is 0. The van der Waals surface area contributed by atoms with Gasteiger partial charge in [-0.2, -0.15) is 0 Å². The molecular weight excluding hydrogens is 252 g/mol. The number of benzene rings is 1. The molecule has 2 rings (SSSR count). The zero-order valence-corrected chi connectivity index (χ0v) is 11.2. The zero-order valence-electron chi connectivity index (χ0n) is 10.4. The normalized spacial score (nSPS) is 11.5. The van der Waals surface area contributed by atoms with E-state index in [1.807, 2.05) is 13.8 Å². The van der Waals surface area contributed by atoms with Crippen molar-refractivity contribution in [2.45, 2.75) is 25.7 Å². The average Bonchev–Trinajstić information content (AvgIpc) is 2.67. The summed E-state index contributed by atoms with van der Waals surface area (Å²) >= 11 is 0. The molecule has 0 aliphatic rings. The van der Waals surface area contributed by atoms with Gasteiger partial charge in [-0.3, -0.25) is 4.72 Å². The van der Waals surface area contributed by atoms with Gasteiger partial charge in [0.2, 0.25) is 0 Å². The lowest BCUT2D eigenvalue weighted by Crippen LogP contribution is -2.13. The van der Waals surface area contributed by atoms with Crippen LogP contribution in [0.3, 0.4) is 0 Å². The van der Waals surface area contributed by atoms with Gasteiger partial charge >= 0.3 is 0 Å². The Morgan fingerprint density at radius 1 is 1.17 bits per heavy atom. The summed E-state index contributed by atoms with van der Waals surface area (Å²) in [6, 6.07) is 5.00. The molecule has 0 atom stereocenters. The van der Waals surface area contributed by atoms with Gasteiger partial charge in [0.05, 0.1) is 4.90 Å². The molecule has 0 radical (unpaired) electrons. The van der Waals surface area contributed by atoms with Gasteiger partial charge < -0.3 is 4.52 Å². The summed E-state index contributed by atoms with van der Waals surface area (Å²) in [4.78, 5) is 0.228. The van der Waals surface area contributed by atoms with Crippen LogP contribution in [0.5, 0.6) is 0 Å². The molecule has 5 nitrogen and oxygen atoms in total. The number of anilines is 1. The van der Waals surface area contributed by atoms with Gasteiger partial charge in [-0.1, -0.05) is 11.2 Å². The van der Waals surface area contributed by atoms with Crippen molar-refractivity contribution < 1.29 is 12.9 Å². The maximum absolute atomic E-state index is 12.1. The van der Waals surface area contributed by atoms with E-state index in [2.05, 4.69) is 9.88 Å². The number of aryl methyl sites for hydroxylation is 3. The molecule has 1 heterocycles. The maximum atomic E-state index is 12.1. The lowest BCUT2D eigenvalue weighted by Gasteiger charge is -2.08. The van der Waals surface area contributed by atoms with Crippen LogP contribution in [0.4, 0.5) is 5.69 Å². The van der Waals surface area contributed by atoms with Gasteiger partial charge in [0.25, 0.3) is 10.0 Å². The highest BCUT2D eigenvalue weighted by Crippen LogP contribution is 2.20. The van der Waals surface area contributed by atoms with Crippen molar-refractivity contribution in [3.05, 3.63) is 41.3 Å². The first kappa shape index (κ1) is 12.6. The highest BCUT2D eigenvalue weighted by Gasteiger charge is 2.17. The van der Waals surface area contributed by atoms with E-state index in [0.29, 0.717) is 11.4 Å². The van der Waals surface area contributed by atoms with Crippen molar-refractivity contribution in [3.8, 4) is 0 Å². The summed E-state index contributed by atoms with van der Waals surface area (Å²) in [5.41, 5.74) is 2.84. The number of aromatic nitrogens is 1. The Bertz CT molecular complexity index is 674. The minimum absolute atomic E-state index is 0.228. The van der Waals surface area contributed by atoms with Crippen LogP contribution in [-0.2, 0) is 10.0 Å². The van der Waals surface area contributed by atoms with Crippen molar-refractivity contribution >= 4 is 15.7 Å². The molecule has 0 saturated heterocycles. The molecule has 6 heteroatoms. The van der Waals surface area contributed by atoms with E-state index >= 15 is 0 Å². The molecule has 0 amide bonds. The smallest absolute Gasteiger partial charge is 0.262 e. The predicted octanol–water partition coefficient (Wildman–Crippen LogP) is 2.40. The van der Waals surface area contributed by atoms with Crippen LogP contribution in [0.25, 0.3) is 0 Å². The van der Waals surface area contributed by atoms with Crippen LogP contribution < -0.4 is 4.72 Å². The summed E-state index contributed by atoms with van der Waals surface area (Å²) < 4.78 is 31.4. The molecule has 1 N–H and O–H groups in total. The second kappa shape index (κ2) is 4.45. The van der Waals surface area contributed by atoms with Gasteiger partial charge in [0.1, 0.15) is 17.6 Å². The van der Waals surface area contributed by atoms with Crippen LogP contribution in [0, 0.1) is 20.8 Å². The van der Waals surface area contributed by atoms with E-state index < -0.39 is 10.0 Å². The third kappa shape index (κ3) is 2.38. The molecule has 0 spiro atoms. The van der Waals surface area contributed by atoms with Crippen molar-refractivity contribution in [2.24, 2.45) is 0 Å². The van der Waals surface area contributed by atoms with Gasteiger partial charge in [-0.05, 0) is 44.0 Å². The number of sulfonamides is 1. The highest BCUT2D eigenvalue weighted by molar-refractivity contribution is 7.92. The van der Waals surface area contributed by atoms with E-state index in [-0.39, 0.29) is 4.90 Å². The molecule has 1 aromatic heterocycles. The van der Waals surface area contributed by atoms with E-state index in [1.165, 1.54) is 6.26 Å². The monoisotopic (exact) mass is 266 g/mol. The Labute approximate surface area is 106 Å². The molecule has 0 aliphatic carbocycles. The molecule has 96 valence electrons. The van der Waals surface area contributed by atoms with Gasteiger partial charge in [-0.25, -0.2) is 8.42 Å². The Hall–Kier alpha value is -1.82. The summed E-state index contributed by atoms with van der Waals surface area (Å²) in [6.07, 6.45) is 1.27. The molecule has 18 heavy (non-hydrogen) atoms. The predicted molar refractivity (Wildman–Crippen MR) is 68.0 cm³/mol. The molecule has 0 aliphatic heterocycles. The number of hydrogen-bond donors (Lipinski definition) is 1. The lowest BCUT2D eigenvalue weighted by atomic mass is 10.1. The molecule has 0 saturated carbocycles. The van der Waals surface area contributed by atoms with Gasteiger partial charge in [-0.15, -0.1) is 0 Å². The molecule has 1 aromatic carbocycles. The van der Waals surface area contributed by atoms with Crippen LogP contribution in [0.2, 0.25) is 0 Å². The van der Waals surface area contributed by atoms with Crippen molar-refractivity contribution in [2.75, 3.05) is 4.72 Å². The van der Waals surface area contributed by atoms with E-state index in [9.17, 15) is 8.42 Å². The topological polar surface area (TPSA) is 72.2 Å². The van der Waals surface area contributed by atoms with Crippen LogP contribution in [0.15, 0.2) is 33.9 Å². The minimum atomic E-state index is -3.59. The molecule has 2 aromatic rings. The van der Waals surface area contributed by atoms with E-state index in [4.69, 9.17) is 4.52 Å². The quantitative estimate of drug-likeness (QED) is 0.925. The first-order valence-electron chi connectivity index (χ1n) is 5.41. The highest BCUT2D eigenvalue weighted by atomic mass is 32.2. The van der Waals surface area contributed by atoms with Crippen LogP contribution in [0.1, 0.15) is 16.8 Å². The lowest BCUT2D eigenvalue weighted by molar-refractivity contribution is 0.415. The van der Waals surface area contributed by atoms with Crippen LogP contribution in [-0.4, -0.2) is 13.6 Å².